The van der Waals surface area contributed by atoms with Crippen LogP contribution < -0.4 is 4.90 Å². The minimum atomic E-state index is -0.386. The second kappa shape index (κ2) is 6.26. The van der Waals surface area contributed by atoms with Crippen LogP contribution in [0.1, 0.15) is 12.8 Å². The number of fused-ring (bicyclic) bond motifs is 4. The van der Waals surface area contributed by atoms with Crippen molar-refractivity contribution in [3.8, 4) is 0 Å². The molecule has 0 radical (unpaired) electrons. The van der Waals surface area contributed by atoms with E-state index in [-0.39, 0.29) is 24.6 Å². The first kappa shape index (κ1) is 15.2. The maximum Gasteiger partial charge on any atom is 0.410 e. The van der Waals surface area contributed by atoms with Gasteiger partial charge in [0.1, 0.15) is 13.2 Å². The Morgan fingerprint density at radius 1 is 1.21 bits per heavy atom. The first-order chi connectivity index (χ1) is 11.7. The summed E-state index contributed by atoms with van der Waals surface area (Å²) in [4.78, 5) is 38.6. The zero-order valence-corrected chi connectivity index (χ0v) is 13.5. The molecule has 128 valence electrons. The molecule has 0 N–H and O–H groups in total. The molecule has 0 saturated carbocycles. The molecule has 0 aromatic carbocycles. The minimum absolute atomic E-state index is 0.0133. The number of carbonyl (C=O) groups is 2. The third-order valence-corrected chi connectivity index (χ3v) is 5.04. The van der Waals surface area contributed by atoms with Crippen LogP contribution in [0.15, 0.2) is 18.5 Å². The third kappa shape index (κ3) is 2.88. The molecule has 2 unspecified atom stereocenters. The highest BCUT2D eigenvalue weighted by atomic mass is 16.6. The summed E-state index contributed by atoms with van der Waals surface area (Å²) in [6.07, 6.45) is 5.21. The van der Waals surface area contributed by atoms with Crippen LogP contribution in [0.2, 0.25) is 0 Å². The molecule has 1 aromatic heterocycles. The van der Waals surface area contributed by atoms with Crippen LogP contribution in [0.25, 0.3) is 0 Å². The number of piperidine rings is 1. The first-order valence-corrected chi connectivity index (χ1v) is 8.44. The van der Waals surface area contributed by atoms with E-state index in [4.69, 9.17) is 4.74 Å². The number of carbonyl (C=O) groups excluding carboxylic acids is 2. The molecule has 2 atom stereocenters. The van der Waals surface area contributed by atoms with Crippen molar-refractivity contribution in [2.24, 2.45) is 5.92 Å². The van der Waals surface area contributed by atoms with Gasteiger partial charge < -0.3 is 14.5 Å². The van der Waals surface area contributed by atoms with E-state index in [9.17, 15) is 9.59 Å². The molecule has 8 heteroatoms. The number of hydrogen-bond acceptors (Lipinski definition) is 6. The number of rotatable bonds is 3. The van der Waals surface area contributed by atoms with Crippen LogP contribution in [0, 0.1) is 5.92 Å². The van der Waals surface area contributed by atoms with Crippen LogP contribution in [-0.4, -0.2) is 77.1 Å². The van der Waals surface area contributed by atoms with E-state index in [1.807, 2.05) is 4.90 Å². The Kier molecular flexibility index (Phi) is 3.95. The molecule has 4 aliphatic heterocycles. The van der Waals surface area contributed by atoms with Gasteiger partial charge in [0.25, 0.3) is 0 Å². The standard InChI is InChI=1S/C16H21N5O3/c22-14(11-19-6-7-24-16(19)23)21-9-12-2-3-13(21)10-20(8-12)15-17-4-1-5-18-15/h1,4-5,12-13H,2-3,6-11H2. The average molecular weight is 331 g/mol. The van der Waals surface area contributed by atoms with Crippen molar-refractivity contribution in [2.45, 2.75) is 18.9 Å². The van der Waals surface area contributed by atoms with Gasteiger partial charge in [-0.15, -0.1) is 0 Å². The van der Waals surface area contributed by atoms with Crippen LogP contribution in [-0.2, 0) is 9.53 Å². The summed E-state index contributed by atoms with van der Waals surface area (Å²) in [7, 11) is 0. The molecule has 1 aromatic rings. The fourth-order valence-corrected chi connectivity index (χ4v) is 3.83. The quantitative estimate of drug-likeness (QED) is 0.795. The van der Waals surface area contributed by atoms with Crippen molar-refractivity contribution in [1.82, 2.24) is 19.8 Å². The summed E-state index contributed by atoms with van der Waals surface area (Å²) >= 11 is 0. The predicted molar refractivity (Wildman–Crippen MR) is 85.4 cm³/mol. The van der Waals surface area contributed by atoms with Gasteiger partial charge in [-0.3, -0.25) is 9.69 Å². The smallest absolute Gasteiger partial charge is 0.410 e. The van der Waals surface area contributed by atoms with E-state index < -0.39 is 0 Å². The van der Waals surface area contributed by atoms with E-state index in [0.717, 1.165) is 38.4 Å². The van der Waals surface area contributed by atoms with Gasteiger partial charge in [0.05, 0.1) is 6.54 Å². The van der Waals surface area contributed by atoms with Crippen molar-refractivity contribution < 1.29 is 14.3 Å². The molecular weight excluding hydrogens is 310 g/mol. The molecule has 5 heterocycles. The van der Waals surface area contributed by atoms with Crippen molar-refractivity contribution in [1.29, 1.82) is 0 Å². The molecule has 2 bridgehead atoms. The van der Waals surface area contributed by atoms with Gasteiger partial charge in [-0.1, -0.05) is 0 Å². The summed E-state index contributed by atoms with van der Waals surface area (Å²) in [6, 6.07) is 1.96. The maximum absolute atomic E-state index is 12.7. The zero-order valence-electron chi connectivity index (χ0n) is 13.5. The molecule has 0 spiro atoms. The highest BCUT2D eigenvalue weighted by Gasteiger charge is 2.39. The van der Waals surface area contributed by atoms with Gasteiger partial charge in [-0.25, -0.2) is 14.8 Å². The Morgan fingerprint density at radius 2 is 2.04 bits per heavy atom. The number of hydrogen-bond donors (Lipinski definition) is 0. The van der Waals surface area contributed by atoms with E-state index >= 15 is 0 Å². The fraction of sp³-hybridized carbons (Fsp3) is 0.625. The summed E-state index contributed by atoms with van der Waals surface area (Å²) in [5.41, 5.74) is 0. The average Bonchev–Trinajstić information content (AvgIpc) is 2.83. The van der Waals surface area contributed by atoms with Crippen molar-refractivity contribution >= 4 is 17.9 Å². The van der Waals surface area contributed by atoms with E-state index in [2.05, 4.69) is 14.9 Å². The molecule has 0 aliphatic carbocycles. The Bertz CT molecular complexity index is 625. The van der Waals surface area contributed by atoms with Gasteiger partial charge in [0, 0.05) is 38.1 Å². The highest BCUT2D eigenvalue weighted by molar-refractivity contribution is 5.83. The highest BCUT2D eigenvalue weighted by Crippen LogP contribution is 2.29. The maximum atomic E-state index is 12.7. The number of aromatic nitrogens is 2. The Hall–Kier alpha value is -2.38. The summed E-state index contributed by atoms with van der Waals surface area (Å²) < 4.78 is 4.91. The monoisotopic (exact) mass is 331 g/mol. The zero-order chi connectivity index (χ0) is 16.5. The Balaban J connectivity index is 1.46. The van der Waals surface area contributed by atoms with E-state index in [1.54, 1.807) is 18.5 Å². The molecule has 8 nitrogen and oxygen atoms in total. The predicted octanol–water partition coefficient (Wildman–Crippen LogP) is 0.356. The first-order valence-electron chi connectivity index (χ1n) is 8.44. The molecule has 2 amide bonds. The van der Waals surface area contributed by atoms with Crippen LogP contribution in [0.5, 0.6) is 0 Å². The van der Waals surface area contributed by atoms with E-state index in [0.29, 0.717) is 19.1 Å². The van der Waals surface area contributed by atoms with Gasteiger partial charge in [0.15, 0.2) is 0 Å². The number of cyclic esters (lactones) is 1. The molecular formula is C16H21N5O3. The van der Waals surface area contributed by atoms with Crippen molar-refractivity contribution in [3.63, 3.8) is 0 Å². The third-order valence-electron chi connectivity index (χ3n) is 5.04. The number of nitrogens with zero attached hydrogens (tertiary/aromatic N) is 5. The van der Waals surface area contributed by atoms with Crippen LogP contribution in [0.3, 0.4) is 0 Å². The normalized spacial score (nSPS) is 26.5. The van der Waals surface area contributed by atoms with Gasteiger partial charge >= 0.3 is 6.09 Å². The SMILES string of the molecule is O=C1OCCN1CC(=O)N1CC2CCC1CN(c1ncccn1)C2. The van der Waals surface area contributed by atoms with Gasteiger partial charge in [-0.05, 0) is 24.8 Å². The lowest BCUT2D eigenvalue weighted by molar-refractivity contribution is -0.135. The molecule has 4 aliphatic rings. The Morgan fingerprint density at radius 3 is 2.79 bits per heavy atom. The van der Waals surface area contributed by atoms with Crippen molar-refractivity contribution in [3.05, 3.63) is 18.5 Å². The lowest BCUT2D eigenvalue weighted by Crippen LogP contribution is -2.51. The summed E-state index contributed by atoms with van der Waals surface area (Å²) in [5.74, 6) is 1.16. The van der Waals surface area contributed by atoms with Crippen molar-refractivity contribution in [2.75, 3.05) is 44.2 Å². The molecule has 5 rings (SSSR count). The number of amides is 2. The molecule has 4 saturated heterocycles. The van der Waals surface area contributed by atoms with Crippen LogP contribution >= 0.6 is 0 Å². The van der Waals surface area contributed by atoms with E-state index in [1.165, 1.54) is 4.90 Å². The fourth-order valence-electron chi connectivity index (χ4n) is 3.83. The molecule has 4 fully saturated rings. The second-order valence-electron chi connectivity index (χ2n) is 6.63. The Labute approximate surface area is 140 Å². The van der Waals surface area contributed by atoms with Crippen LogP contribution in [0.4, 0.5) is 10.7 Å². The van der Waals surface area contributed by atoms with Gasteiger partial charge in [0.2, 0.25) is 11.9 Å². The summed E-state index contributed by atoms with van der Waals surface area (Å²) in [6.45, 7) is 3.35. The number of anilines is 1. The largest absolute Gasteiger partial charge is 0.448 e. The van der Waals surface area contributed by atoms with Gasteiger partial charge in [-0.2, -0.15) is 0 Å². The topological polar surface area (TPSA) is 78.9 Å². The second-order valence-corrected chi connectivity index (χ2v) is 6.63. The minimum Gasteiger partial charge on any atom is -0.448 e. The lowest BCUT2D eigenvalue weighted by Gasteiger charge is -2.36. The lowest BCUT2D eigenvalue weighted by atomic mass is 9.95. The summed E-state index contributed by atoms with van der Waals surface area (Å²) in [5, 5.41) is 0. The molecule has 24 heavy (non-hydrogen) atoms. The number of ether oxygens (including phenoxy) is 1.